The molecule has 0 heterocycles. The first-order valence-corrected chi connectivity index (χ1v) is 5.55. The maximum atomic E-state index is 12.0. The van der Waals surface area contributed by atoms with Crippen LogP contribution in [0.3, 0.4) is 0 Å². The molecule has 0 spiro atoms. The lowest BCUT2D eigenvalue weighted by Gasteiger charge is -2.24. The topological polar surface area (TPSA) is 66.4 Å². The second-order valence-corrected chi connectivity index (χ2v) is 4.67. The van der Waals surface area contributed by atoms with Crippen LogP contribution in [-0.2, 0) is 9.59 Å². The summed E-state index contributed by atoms with van der Waals surface area (Å²) in [5.41, 5.74) is 0. The molecule has 0 aliphatic heterocycles. The van der Waals surface area contributed by atoms with Gasteiger partial charge in [-0.05, 0) is 18.3 Å². The summed E-state index contributed by atoms with van der Waals surface area (Å²) in [6, 6.07) is 0. The maximum Gasteiger partial charge on any atom is 0.405 e. The van der Waals surface area contributed by atoms with Crippen molar-refractivity contribution < 1.29 is 27.9 Å². The highest BCUT2D eigenvalue weighted by atomic mass is 19.4. The third kappa shape index (κ3) is 2.34. The van der Waals surface area contributed by atoms with E-state index >= 15 is 0 Å². The number of carboxylic acid groups (broad SMARTS) is 1. The van der Waals surface area contributed by atoms with E-state index in [4.69, 9.17) is 5.11 Å². The van der Waals surface area contributed by atoms with Crippen LogP contribution in [0.25, 0.3) is 0 Å². The predicted molar refractivity (Wildman–Crippen MR) is 54.4 cm³/mol. The number of hydrogen-bond acceptors (Lipinski definition) is 2. The fourth-order valence-electron chi connectivity index (χ4n) is 2.82. The molecule has 1 saturated carbocycles. The summed E-state index contributed by atoms with van der Waals surface area (Å²) in [5.74, 6) is -4.25. The largest absolute Gasteiger partial charge is 0.481 e. The molecular weight excluding hydrogens is 251 g/mol. The molecule has 4 nitrogen and oxygen atoms in total. The van der Waals surface area contributed by atoms with Crippen LogP contribution in [0.1, 0.15) is 6.42 Å². The Bertz CT molecular complexity index is 405. The molecule has 2 aliphatic carbocycles. The number of halogens is 3. The number of amides is 1. The van der Waals surface area contributed by atoms with Crippen LogP contribution in [-0.4, -0.2) is 29.7 Å². The van der Waals surface area contributed by atoms with Gasteiger partial charge in [0.15, 0.2) is 0 Å². The highest BCUT2D eigenvalue weighted by Gasteiger charge is 2.51. The van der Waals surface area contributed by atoms with Crippen LogP contribution in [0.5, 0.6) is 0 Å². The van der Waals surface area contributed by atoms with E-state index in [1.54, 1.807) is 17.5 Å². The minimum absolute atomic E-state index is 0.242. The van der Waals surface area contributed by atoms with Gasteiger partial charge in [-0.3, -0.25) is 9.59 Å². The smallest absolute Gasteiger partial charge is 0.405 e. The number of carbonyl (C=O) groups is 2. The molecule has 100 valence electrons. The second kappa shape index (κ2) is 4.29. The van der Waals surface area contributed by atoms with E-state index in [1.165, 1.54) is 0 Å². The lowest BCUT2D eigenvalue weighted by molar-refractivity contribution is -0.150. The van der Waals surface area contributed by atoms with E-state index in [0.717, 1.165) is 0 Å². The summed E-state index contributed by atoms with van der Waals surface area (Å²) in [4.78, 5) is 22.8. The Labute approximate surface area is 101 Å². The third-order valence-corrected chi connectivity index (χ3v) is 3.51. The summed E-state index contributed by atoms with van der Waals surface area (Å²) in [6.07, 6.45) is -0.498. The van der Waals surface area contributed by atoms with E-state index in [9.17, 15) is 22.8 Å². The lowest BCUT2D eigenvalue weighted by Crippen LogP contribution is -2.43. The molecular formula is C11H12F3NO3. The lowest BCUT2D eigenvalue weighted by atomic mass is 9.82. The highest BCUT2D eigenvalue weighted by molar-refractivity contribution is 5.86. The van der Waals surface area contributed by atoms with Gasteiger partial charge >= 0.3 is 12.1 Å². The molecule has 4 atom stereocenters. The van der Waals surface area contributed by atoms with Crippen molar-refractivity contribution in [1.82, 2.24) is 5.32 Å². The van der Waals surface area contributed by atoms with E-state index in [0.29, 0.717) is 6.42 Å². The van der Waals surface area contributed by atoms with Gasteiger partial charge < -0.3 is 10.4 Å². The standard InChI is InChI=1S/C11H12F3NO3/c12-11(13,14)4-15-9(16)7-5-1-2-6(3-5)8(7)10(17)18/h1-2,5-8H,3-4H2,(H,15,16)(H,17,18)/t5?,6?,7-,8+/m0/s1. The Hall–Kier alpha value is -1.53. The van der Waals surface area contributed by atoms with Gasteiger partial charge in [0.05, 0.1) is 11.8 Å². The maximum absolute atomic E-state index is 12.0. The zero-order valence-corrected chi connectivity index (χ0v) is 9.28. The molecule has 0 aromatic heterocycles. The van der Waals surface area contributed by atoms with Crippen molar-refractivity contribution in [2.45, 2.75) is 12.6 Å². The van der Waals surface area contributed by atoms with Crippen molar-refractivity contribution in [2.75, 3.05) is 6.54 Å². The Kier molecular flexibility index (Phi) is 3.08. The van der Waals surface area contributed by atoms with Crippen LogP contribution in [0.15, 0.2) is 12.2 Å². The number of fused-ring (bicyclic) bond motifs is 2. The van der Waals surface area contributed by atoms with Crippen LogP contribution in [0.4, 0.5) is 13.2 Å². The van der Waals surface area contributed by atoms with E-state index in [1.807, 2.05) is 0 Å². The summed E-state index contributed by atoms with van der Waals surface area (Å²) in [7, 11) is 0. The molecule has 7 heteroatoms. The van der Waals surface area contributed by atoms with Crippen molar-refractivity contribution in [3.05, 3.63) is 12.2 Å². The van der Waals surface area contributed by atoms with Crippen LogP contribution < -0.4 is 5.32 Å². The fourth-order valence-corrected chi connectivity index (χ4v) is 2.82. The Balaban J connectivity index is 2.05. The van der Waals surface area contributed by atoms with Crippen molar-refractivity contribution in [3.63, 3.8) is 0 Å². The minimum atomic E-state index is -4.48. The molecule has 0 aromatic carbocycles. The SMILES string of the molecule is O=C(O)[C@@H]1C2C=CC(C2)[C@@H]1C(=O)NCC(F)(F)F. The first kappa shape index (κ1) is 12.9. The Morgan fingerprint density at radius 2 is 1.78 bits per heavy atom. The molecule has 1 fully saturated rings. The van der Waals surface area contributed by atoms with E-state index in [2.05, 4.69) is 0 Å². The fraction of sp³-hybridized carbons (Fsp3) is 0.636. The summed E-state index contributed by atoms with van der Waals surface area (Å²) in [6.45, 7) is -1.42. The monoisotopic (exact) mass is 263 g/mol. The molecule has 18 heavy (non-hydrogen) atoms. The zero-order valence-electron chi connectivity index (χ0n) is 9.28. The van der Waals surface area contributed by atoms with Gasteiger partial charge in [0.1, 0.15) is 6.54 Å². The number of rotatable bonds is 3. The molecule has 0 radical (unpaired) electrons. The zero-order chi connectivity index (χ0) is 13.5. The summed E-state index contributed by atoms with van der Waals surface area (Å²) < 4.78 is 36.0. The van der Waals surface area contributed by atoms with Crippen molar-refractivity contribution in [2.24, 2.45) is 23.7 Å². The molecule has 2 bridgehead atoms. The summed E-state index contributed by atoms with van der Waals surface area (Å²) in [5, 5.41) is 10.8. The van der Waals surface area contributed by atoms with E-state index < -0.39 is 36.4 Å². The van der Waals surface area contributed by atoms with Gasteiger partial charge in [-0.25, -0.2) is 0 Å². The van der Waals surface area contributed by atoms with E-state index in [-0.39, 0.29) is 11.8 Å². The van der Waals surface area contributed by atoms with Gasteiger partial charge in [-0.15, -0.1) is 0 Å². The predicted octanol–water partition coefficient (Wildman–Crippen LogP) is 1.19. The highest BCUT2D eigenvalue weighted by Crippen LogP contribution is 2.48. The number of allylic oxidation sites excluding steroid dienone is 2. The molecule has 2 N–H and O–H groups in total. The minimum Gasteiger partial charge on any atom is -0.481 e. The Morgan fingerprint density at radius 3 is 2.28 bits per heavy atom. The van der Waals surface area contributed by atoms with Gasteiger partial charge in [-0.2, -0.15) is 13.2 Å². The van der Waals surface area contributed by atoms with Crippen molar-refractivity contribution >= 4 is 11.9 Å². The quantitative estimate of drug-likeness (QED) is 0.751. The molecule has 2 unspecified atom stereocenters. The number of aliphatic carboxylic acids is 1. The average molecular weight is 263 g/mol. The molecule has 2 rings (SSSR count). The number of alkyl halides is 3. The second-order valence-electron chi connectivity index (χ2n) is 4.67. The van der Waals surface area contributed by atoms with Gasteiger partial charge in [0, 0.05) is 0 Å². The van der Waals surface area contributed by atoms with Crippen LogP contribution in [0.2, 0.25) is 0 Å². The molecule has 1 amide bonds. The van der Waals surface area contributed by atoms with Gasteiger partial charge in [0.2, 0.25) is 5.91 Å². The molecule has 2 aliphatic rings. The molecule has 0 aromatic rings. The van der Waals surface area contributed by atoms with Crippen molar-refractivity contribution in [1.29, 1.82) is 0 Å². The molecule has 0 saturated heterocycles. The van der Waals surface area contributed by atoms with Gasteiger partial charge in [0.25, 0.3) is 0 Å². The normalized spacial score (nSPS) is 33.7. The number of carbonyl (C=O) groups excluding carboxylic acids is 1. The third-order valence-electron chi connectivity index (χ3n) is 3.51. The Morgan fingerprint density at radius 1 is 1.22 bits per heavy atom. The first-order valence-electron chi connectivity index (χ1n) is 5.55. The summed E-state index contributed by atoms with van der Waals surface area (Å²) >= 11 is 0. The number of hydrogen-bond donors (Lipinski definition) is 2. The van der Waals surface area contributed by atoms with Gasteiger partial charge in [-0.1, -0.05) is 12.2 Å². The average Bonchev–Trinajstić information content (AvgIpc) is 2.83. The number of carboxylic acids is 1. The first-order chi connectivity index (χ1) is 8.29. The van der Waals surface area contributed by atoms with Crippen LogP contribution in [0, 0.1) is 23.7 Å². The van der Waals surface area contributed by atoms with Crippen LogP contribution >= 0.6 is 0 Å². The van der Waals surface area contributed by atoms with Crippen molar-refractivity contribution in [3.8, 4) is 0 Å². The number of nitrogens with one attached hydrogen (secondary N) is 1.